The molecule has 9 heteroatoms. The van der Waals surface area contributed by atoms with Gasteiger partial charge in [-0.2, -0.15) is 0 Å². The average molecular weight is 480 g/mol. The van der Waals surface area contributed by atoms with E-state index in [-0.39, 0.29) is 19.0 Å². The van der Waals surface area contributed by atoms with E-state index < -0.39 is 24.5 Å². The number of thiophene rings is 1. The van der Waals surface area contributed by atoms with Crippen LogP contribution in [0.1, 0.15) is 22.8 Å². The van der Waals surface area contributed by atoms with Gasteiger partial charge in [-0.05, 0) is 36.3 Å². The van der Waals surface area contributed by atoms with Crippen molar-refractivity contribution in [2.24, 2.45) is 0 Å². The highest BCUT2D eigenvalue weighted by atomic mass is 32.1. The summed E-state index contributed by atoms with van der Waals surface area (Å²) in [6, 6.07) is 14.6. The molecule has 3 aromatic rings. The number of benzene rings is 2. The Bertz CT molecular complexity index is 1230. The monoisotopic (exact) mass is 479 g/mol. The molecule has 1 amide bonds. The van der Waals surface area contributed by atoms with Gasteiger partial charge in [-0.15, -0.1) is 11.3 Å². The van der Waals surface area contributed by atoms with Crippen LogP contribution in [0.4, 0.5) is 5.00 Å². The standard InChI is InChI=1S/C25H21NO7S/c1-2-30-25(29)23-18(17-6-4-3-5-7-17)14-34-24(23)26-21(27)13-31-22(28)11-9-16-8-10-19-20(12-16)33-15-32-19/h3-12,14H,2,13,15H2,1H3,(H,26,27)/b11-9+. The number of carbonyl (C=O) groups is 3. The quantitative estimate of drug-likeness (QED) is 0.375. The number of fused-ring (bicyclic) bond motifs is 1. The fraction of sp³-hybridized carbons (Fsp3) is 0.160. The molecule has 4 rings (SSSR count). The summed E-state index contributed by atoms with van der Waals surface area (Å²) in [5.74, 6) is -0.561. The van der Waals surface area contributed by atoms with E-state index in [1.54, 1.807) is 36.6 Å². The lowest BCUT2D eigenvalue weighted by Crippen LogP contribution is -2.21. The Balaban J connectivity index is 1.38. The molecule has 2 aromatic carbocycles. The number of esters is 2. The van der Waals surface area contributed by atoms with Crippen LogP contribution in [0.25, 0.3) is 17.2 Å². The lowest BCUT2D eigenvalue weighted by molar-refractivity contribution is -0.142. The lowest BCUT2D eigenvalue weighted by Gasteiger charge is -2.09. The van der Waals surface area contributed by atoms with Crippen molar-refractivity contribution in [3.63, 3.8) is 0 Å². The van der Waals surface area contributed by atoms with Gasteiger partial charge in [-0.3, -0.25) is 4.79 Å². The van der Waals surface area contributed by atoms with Crippen molar-refractivity contribution < 1.29 is 33.3 Å². The Morgan fingerprint density at radius 3 is 2.65 bits per heavy atom. The van der Waals surface area contributed by atoms with Crippen LogP contribution in [-0.4, -0.2) is 37.9 Å². The van der Waals surface area contributed by atoms with E-state index in [1.165, 1.54) is 17.4 Å². The molecule has 0 saturated heterocycles. The van der Waals surface area contributed by atoms with E-state index >= 15 is 0 Å². The predicted octanol–water partition coefficient (Wildman–Crippen LogP) is 4.52. The highest BCUT2D eigenvalue weighted by Gasteiger charge is 2.23. The smallest absolute Gasteiger partial charge is 0.341 e. The Morgan fingerprint density at radius 1 is 1.06 bits per heavy atom. The number of rotatable bonds is 8. The first-order valence-electron chi connectivity index (χ1n) is 10.4. The maximum Gasteiger partial charge on any atom is 0.341 e. The highest BCUT2D eigenvalue weighted by molar-refractivity contribution is 7.15. The molecule has 0 radical (unpaired) electrons. The van der Waals surface area contributed by atoms with E-state index in [9.17, 15) is 14.4 Å². The molecule has 2 heterocycles. The van der Waals surface area contributed by atoms with Gasteiger partial charge in [0.15, 0.2) is 18.1 Å². The Morgan fingerprint density at radius 2 is 1.85 bits per heavy atom. The number of amides is 1. The third kappa shape index (κ3) is 5.44. The van der Waals surface area contributed by atoms with Crippen molar-refractivity contribution in [1.82, 2.24) is 0 Å². The Kier molecular flexibility index (Phi) is 7.24. The Labute approximate surface area is 199 Å². The van der Waals surface area contributed by atoms with Gasteiger partial charge in [0.25, 0.3) is 5.91 Å². The minimum Gasteiger partial charge on any atom is -0.462 e. The van der Waals surface area contributed by atoms with Crippen LogP contribution in [0.5, 0.6) is 11.5 Å². The summed E-state index contributed by atoms with van der Waals surface area (Å²) in [7, 11) is 0. The topological polar surface area (TPSA) is 100 Å². The van der Waals surface area contributed by atoms with E-state index in [2.05, 4.69) is 5.32 Å². The number of anilines is 1. The van der Waals surface area contributed by atoms with Crippen LogP contribution >= 0.6 is 11.3 Å². The van der Waals surface area contributed by atoms with Crippen molar-refractivity contribution in [1.29, 1.82) is 0 Å². The van der Waals surface area contributed by atoms with Gasteiger partial charge in [0.05, 0.1) is 6.61 Å². The zero-order valence-electron chi connectivity index (χ0n) is 18.2. The van der Waals surface area contributed by atoms with Crippen LogP contribution in [0.3, 0.4) is 0 Å². The molecule has 0 aliphatic carbocycles. The normalized spacial score (nSPS) is 11.9. The molecule has 1 aromatic heterocycles. The van der Waals surface area contributed by atoms with E-state index in [4.69, 9.17) is 18.9 Å². The minimum atomic E-state index is -0.686. The molecule has 1 aliphatic rings. The van der Waals surface area contributed by atoms with Crippen molar-refractivity contribution >= 4 is 40.3 Å². The number of hydrogen-bond acceptors (Lipinski definition) is 8. The first-order valence-corrected chi connectivity index (χ1v) is 11.3. The second kappa shape index (κ2) is 10.7. The molecule has 174 valence electrons. The highest BCUT2D eigenvalue weighted by Crippen LogP contribution is 2.36. The zero-order chi connectivity index (χ0) is 23.9. The van der Waals surface area contributed by atoms with Gasteiger partial charge in [0, 0.05) is 17.0 Å². The number of nitrogens with one attached hydrogen (secondary N) is 1. The second-order valence-electron chi connectivity index (χ2n) is 7.04. The lowest BCUT2D eigenvalue weighted by atomic mass is 10.0. The molecule has 0 bridgehead atoms. The summed E-state index contributed by atoms with van der Waals surface area (Å²) in [5.41, 5.74) is 2.46. The summed E-state index contributed by atoms with van der Waals surface area (Å²) in [6.45, 7) is 1.56. The van der Waals surface area contributed by atoms with Gasteiger partial charge in [0.2, 0.25) is 6.79 Å². The minimum absolute atomic E-state index is 0.161. The molecule has 0 unspecified atom stereocenters. The molecular weight excluding hydrogens is 458 g/mol. The van der Waals surface area contributed by atoms with Crippen LogP contribution in [0, 0.1) is 0 Å². The molecule has 0 spiro atoms. The summed E-state index contributed by atoms with van der Waals surface area (Å²) in [6.07, 6.45) is 2.76. The van der Waals surface area contributed by atoms with Crippen molar-refractivity contribution in [3.8, 4) is 22.6 Å². The molecule has 34 heavy (non-hydrogen) atoms. The number of carbonyl (C=O) groups excluding carboxylic acids is 3. The first kappa shape index (κ1) is 23.1. The molecule has 0 atom stereocenters. The predicted molar refractivity (Wildman–Crippen MR) is 127 cm³/mol. The fourth-order valence-corrected chi connectivity index (χ4v) is 4.19. The van der Waals surface area contributed by atoms with E-state index in [0.717, 1.165) is 11.1 Å². The third-order valence-corrected chi connectivity index (χ3v) is 5.66. The molecule has 0 saturated carbocycles. The Hall–Kier alpha value is -4.11. The van der Waals surface area contributed by atoms with Gasteiger partial charge < -0.3 is 24.3 Å². The summed E-state index contributed by atoms with van der Waals surface area (Å²) in [4.78, 5) is 37.0. The van der Waals surface area contributed by atoms with Gasteiger partial charge in [-0.25, -0.2) is 9.59 Å². The maximum atomic E-state index is 12.6. The molecular formula is C25H21NO7S. The van der Waals surface area contributed by atoms with Crippen molar-refractivity contribution in [3.05, 3.63) is 71.1 Å². The number of hydrogen-bond donors (Lipinski definition) is 1. The van der Waals surface area contributed by atoms with Gasteiger partial charge in [-0.1, -0.05) is 36.4 Å². The van der Waals surface area contributed by atoms with Crippen LogP contribution in [0.15, 0.2) is 60.0 Å². The maximum absolute atomic E-state index is 12.6. The zero-order valence-corrected chi connectivity index (χ0v) is 19.1. The first-order chi connectivity index (χ1) is 16.5. The van der Waals surface area contributed by atoms with Crippen LogP contribution in [0.2, 0.25) is 0 Å². The largest absolute Gasteiger partial charge is 0.462 e. The third-order valence-electron chi connectivity index (χ3n) is 4.76. The SMILES string of the molecule is CCOC(=O)c1c(-c2ccccc2)csc1NC(=O)COC(=O)/C=C/c1ccc2c(c1)OCO2. The fourth-order valence-electron chi connectivity index (χ4n) is 3.21. The van der Waals surface area contributed by atoms with Crippen LogP contribution < -0.4 is 14.8 Å². The van der Waals surface area contributed by atoms with E-state index in [1.807, 2.05) is 30.3 Å². The molecule has 1 N–H and O–H groups in total. The molecule has 1 aliphatic heterocycles. The molecule has 0 fully saturated rings. The van der Waals surface area contributed by atoms with Crippen molar-refractivity contribution in [2.75, 3.05) is 25.3 Å². The summed E-state index contributed by atoms with van der Waals surface area (Å²) < 4.78 is 20.7. The summed E-state index contributed by atoms with van der Waals surface area (Å²) >= 11 is 1.20. The van der Waals surface area contributed by atoms with Crippen molar-refractivity contribution in [2.45, 2.75) is 6.92 Å². The average Bonchev–Trinajstić information content (AvgIpc) is 3.49. The van der Waals surface area contributed by atoms with Gasteiger partial charge in [0.1, 0.15) is 10.6 Å². The van der Waals surface area contributed by atoms with E-state index in [0.29, 0.717) is 22.1 Å². The summed E-state index contributed by atoms with van der Waals surface area (Å²) in [5, 5.41) is 4.75. The van der Waals surface area contributed by atoms with Gasteiger partial charge >= 0.3 is 11.9 Å². The second-order valence-corrected chi connectivity index (χ2v) is 7.92. The van der Waals surface area contributed by atoms with Crippen LogP contribution in [-0.2, 0) is 19.1 Å². The number of ether oxygens (including phenoxy) is 4. The molecule has 8 nitrogen and oxygen atoms in total.